The van der Waals surface area contributed by atoms with Crippen LogP contribution in [0.3, 0.4) is 0 Å². The number of hydrogen-bond acceptors (Lipinski definition) is 4. The Kier molecular flexibility index (Phi) is 4.14. The maximum absolute atomic E-state index is 5.56. The van der Waals surface area contributed by atoms with Crippen LogP contribution in [0.15, 0.2) is 18.3 Å². The van der Waals surface area contributed by atoms with E-state index in [2.05, 4.69) is 28.6 Å². The first-order valence-electron chi connectivity index (χ1n) is 6.33. The molecule has 98 valence electrons. The van der Waals surface area contributed by atoms with Crippen LogP contribution in [0, 0.1) is 0 Å². The van der Waals surface area contributed by atoms with Gasteiger partial charge >= 0.3 is 0 Å². The Hall–Kier alpha value is -1.20. The Morgan fingerprint density at radius 1 is 1.28 bits per heavy atom. The number of anilines is 1. The lowest BCUT2D eigenvalue weighted by molar-refractivity contribution is 0.209. The minimum atomic E-state index is 0.402. The van der Waals surface area contributed by atoms with Gasteiger partial charge in [-0.05, 0) is 26.0 Å². The van der Waals surface area contributed by atoms with E-state index >= 15 is 0 Å². The lowest BCUT2D eigenvalue weighted by atomic mass is 10.2. The molecule has 1 aromatic rings. The number of hydrogen-bond donors (Lipinski definition) is 1. The Bertz CT molecular complexity index is 408. The molecule has 2 rings (SSSR count). The van der Waals surface area contributed by atoms with E-state index in [0.29, 0.717) is 11.0 Å². The summed E-state index contributed by atoms with van der Waals surface area (Å²) < 4.78 is 0. The zero-order chi connectivity index (χ0) is 13.1. The van der Waals surface area contributed by atoms with Gasteiger partial charge in [-0.2, -0.15) is 0 Å². The van der Waals surface area contributed by atoms with Crippen LogP contribution >= 0.6 is 12.2 Å². The maximum atomic E-state index is 5.56. The van der Waals surface area contributed by atoms with Crippen LogP contribution in [0.1, 0.15) is 19.4 Å². The van der Waals surface area contributed by atoms with Gasteiger partial charge in [0.05, 0.1) is 0 Å². The first-order valence-corrected chi connectivity index (χ1v) is 6.73. The van der Waals surface area contributed by atoms with E-state index in [1.54, 1.807) is 6.20 Å². The molecule has 0 bridgehead atoms. The van der Waals surface area contributed by atoms with E-state index in [4.69, 9.17) is 18.0 Å². The number of rotatable bonds is 3. The summed E-state index contributed by atoms with van der Waals surface area (Å²) in [6.07, 6.45) is 1.76. The molecule has 1 saturated heterocycles. The van der Waals surface area contributed by atoms with Crippen molar-refractivity contribution in [3.63, 3.8) is 0 Å². The molecule has 0 aliphatic carbocycles. The standard InChI is InChI=1S/C13H20N4S/c1-10(2)16-5-7-17(8-6-16)12-4-3-11(9-15-12)13(14)18/h3-4,9-10H,5-8H2,1-2H3,(H2,14,18). The second kappa shape index (κ2) is 5.63. The molecule has 0 amide bonds. The van der Waals surface area contributed by atoms with Crippen molar-refractivity contribution < 1.29 is 0 Å². The molecule has 0 aromatic carbocycles. The quantitative estimate of drug-likeness (QED) is 0.832. The maximum Gasteiger partial charge on any atom is 0.128 e. The fourth-order valence-corrected chi connectivity index (χ4v) is 2.31. The van der Waals surface area contributed by atoms with E-state index < -0.39 is 0 Å². The van der Waals surface area contributed by atoms with Crippen LogP contribution in [-0.2, 0) is 0 Å². The average Bonchev–Trinajstić information content (AvgIpc) is 2.39. The molecule has 1 aliphatic rings. The monoisotopic (exact) mass is 264 g/mol. The Morgan fingerprint density at radius 2 is 1.94 bits per heavy atom. The van der Waals surface area contributed by atoms with Gasteiger partial charge in [0.15, 0.2) is 0 Å². The molecule has 0 unspecified atom stereocenters. The highest BCUT2D eigenvalue weighted by Crippen LogP contribution is 2.15. The molecule has 1 aliphatic heterocycles. The molecule has 0 atom stereocenters. The zero-order valence-corrected chi connectivity index (χ0v) is 11.8. The van der Waals surface area contributed by atoms with E-state index in [-0.39, 0.29) is 0 Å². The predicted octanol–water partition coefficient (Wildman–Crippen LogP) is 1.25. The Labute approximate surface area is 114 Å². The molecule has 18 heavy (non-hydrogen) atoms. The minimum absolute atomic E-state index is 0.402. The second-order valence-electron chi connectivity index (χ2n) is 4.89. The highest BCUT2D eigenvalue weighted by atomic mass is 32.1. The van der Waals surface area contributed by atoms with Gasteiger partial charge in [-0.25, -0.2) is 4.98 Å². The number of nitrogens with two attached hydrogens (primary N) is 1. The average molecular weight is 264 g/mol. The van der Waals surface area contributed by atoms with E-state index in [1.807, 2.05) is 12.1 Å². The van der Waals surface area contributed by atoms with Gasteiger partial charge in [0, 0.05) is 44.0 Å². The highest BCUT2D eigenvalue weighted by Gasteiger charge is 2.19. The minimum Gasteiger partial charge on any atom is -0.389 e. The van der Waals surface area contributed by atoms with Crippen LogP contribution in [0.4, 0.5) is 5.82 Å². The molecule has 5 heteroatoms. The van der Waals surface area contributed by atoms with E-state index in [9.17, 15) is 0 Å². The zero-order valence-electron chi connectivity index (χ0n) is 11.0. The van der Waals surface area contributed by atoms with E-state index in [1.165, 1.54) is 0 Å². The first kappa shape index (κ1) is 13.2. The predicted molar refractivity (Wildman–Crippen MR) is 79.0 cm³/mol. The van der Waals surface area contributed by atoms with Crippen molar-refractivity contribution in [2.24, 2.45) is 5.73 Å². The molecule has 0 spiro atoms. The Balaban J connectivity index is 1.99. The summed E-state index contributed by atoms with van der Waals surface area (Å²) in [6.45, 7) is 8.72. The van der Waals surface area contributed by atoms with Crippen LogP contribution in [0.25, 0.3) is 0 Å². The van der Waals surface area contributed by atoms with Gasteiger partial charge in [-0.1, -0.05) is 12.2 Å². The van der Waals surface area contributed by atoms with Crippen molar-refractivity contribution in [1.29, 1.82) is 0 Å². The van der Waals surface area contributed by atoms with Gasteiger partial charge in [0.1, 0.15) is 10.8 Å². The van der Waals surface area contributed by atoms with Crippen LogP contribution in [-0.4, -0.2) is 47.1 Å². The van der Waals surface area contributed by atoms with Crippen molar-refractivity contribution in [1.82, 2.24) is 9.88 Å². The number of piperazine rings is 1. The summed E-state index contributed by atoms with van der Waals surface area (Å²) in [5.41, 5.74) is 6.39. The summed E-state index contributed by atoms with van der Waals surface area (Å²) in [7, 11) is 0. The van der Waals surface area contributed by atoms with Crippen LogP contribution < -0.4 is 10.6 Å². The van der Waals surface area contributed by atoms with Crippen LogP contribution in [0.5, 0.6) is 0 Å². The normalized spacial score (nSPS) is 17.2. The molecular weight excluding hydrogens is 244 g/mol. The van der Waals surface area contributed by atoms with Gasteiger partial charge in [-0.3, -0.25) is 4.90 Å². The third-order valence-electron chi connectivity index (χ3n) is 3.40. The summed E-state index contributed by atoms with van der Waals surface area (Å²) >= 11 is 4.92. The number of aromatic nitrogens is 1. The lowest BCUT2D eigenvalue weighted by Crippen LogP contribution is -2.49. The largest absolute Gasteiger partial charge is 0.389 e. The van der Waals surface area contributed by atoms with E-state index in [0.717, 1.165) is 37.6 Å². The van der Waals surface area contributed by atoms with Gasteiger partial charge in [-0.15, -0.1) is 0 Å². The molecule has 4 nitrogen and oxygen atoms in total. The topological polar surface area (TPSA) is 45.4 Å². The van der Waals surface area contributed by atoms with Crippen molar-refractivity contribution in [2.75, 3.05) is 31.1 Å². The molecule has 0 saturated carbocycles. The van der Waals surface area contributed by atoms with Gasteiger partial charge in [0.2, 0.25) is 0 Å². The second-order valence-corrected chi connectivity index (χ2v) is 5.33. The summed E-state index contributed by atoms with van der Waals surface area (Å²) in [5, 5.41) is 0. The summed E-state index contributed by atoms with van der Waals surface area (Å²) in [6, 6.07) is 4.57. The lowest BCUT2D eigenvalue weighted by Gasteiger charge is -2.37. The van der Waals surface area contributed by atoms with Crippen molar-refractivity contribution in [3.05, 3.63) is 23.9 Å². The molecule has 1 fully saturated rings. The van der Waals surface area contributed by atoms with Crippen molar-refractivity contribution >= 4 is 23.0 Å². The molecule has 2 heterocycles. The Morgan fingerprint density at radius 3 is 2.39 bits per heavy atom. The smallest absolute Gasteiger partial charge is 0.128 e. The highest BCUT2D eigenvalue weighted by molar-refractivity contribution is 7.80. The summed E-state index contributed by atoms with van der Waals surface area (Å²) in [5.74, 6) is 1.01. The molecule has 0 radical (unpaired) electrons. The molecular formula is C13H20N4S. The third-order valence-corrected chi connectivity index (χ3v) is 3.64. The van der Waals surface area contributed by atoms with Crippen molar-refractivity contribution in [3.8, 4) is 0 Å². The fraction of sp³-hybridized carbons (Fsp3) is 0.538. The number of thiocarbonyl (C=S) groups is 1. The van der Waals surface area contributed by atoms with Gasteiger partial charge in [0.25, 0.3) is 0 Å². The fourth-order valence-electron chi connectivity index (χ4n) is 2.19. The number of pyridine rings is 1. The third kappa shape index (κ3) is 2.97. The van der Waals surface area contributed by atoms with Gasteiger partial charge < -0.3 is 10.6 Å². The van der Waals surface area contributed by atoms with Crippen LogP contribution in [0.2, 0.25) is 0 Å². The molecule has 1 aromatic heterocycles. The van der Waals surface area contributed by atoms with Crippen molar-refractivity contribution in [2.45, 2.75) is 19.9 Å². The summed E-state index contributed by atoms with van der Waals surface area (Å²) in [4.78, 5) is 9.63. The molecule has 2 N–H and O–H groups in total. The SMILES string of the molecule is CC(C)N1CCN(c2ccc(C(N)=S)cn2)CC1. The first-order chi connectivity index (χ1) is 8.58. The number of nitrogens with zero attached hydrogens (tertiary/aromatic N) is 3.